The van der Waals surface area contributed by atoms with Crippen molar-refractivity contribution < 1.29 is 14.6 Å². The van der Waals surface area contributed by atoms with Crippen molar-refractivity contribution in [3.63, 3.8) is 0 Å². The van der Waals surface area contributed by atoms with Gasteiger partial charge in [-0.2, -0.15) is 0 Å². The van der Waals surface area contributed by atoms with Crippen molar-refractivity contribution in [2.75, 3.05) is 26.8 Å². The molecule has 1 atom stereocenters. The van der Waals surface area contributed by atoms with Gasteiger partial charge in [-0.25, -0.2) is 0 Å². The summed E-state index contributed by atoms with van der Waals surface area (Å²) in [5.74, 6) is -0.348. The molecule has 3 saturated carbocycles. The lowest BCUT2D eigenvalue weighted by Gasteiger charge is -2.36. The number of methoxy groups -OCH3 is 1. The van der Waals surface area contributed by atoms with Crippen LogP contribution in [0.4, 0.5) is 0 Å². The van der Waals surface area contributed by atoms with Gasteiger partial charge in [-0.1, -0.05) is 0 Å². The average molecular weight is 282 g/mol. The molecule has 0 amide bonds. The quantitative estimate of drug-likeness (QED) is 0.628. The Hall–Kier alpha value is -0.650. The lowest BCUT2D eigenvalue weighted by Crippen LogP contribution is -2.62. The number of ether oxygens (including phenoxy) is 1. The lowest BCUT2D eigenvalue weighted by atomic mass is 9.91. The van der Waals surface area contributed by atoms with Gasteiger partial charge in [0.05, 0.1) is 6.61 Å². The molecular weight excluding hydrogens is 256 g/mol. The first-order valence-corrected chi connectivity index (χ1v) is 7.90. The monoisotopic (exact) mass is 282 g/mol. The predicted molar refractivity (Wildman–Crippen MR) is 75.7 cm³/mol. The first-order valence-electron chi connectivity index (χ1n) is 7.90. The van der Waals surface area contributed by atoms with E-state index in [0.717, 1.165) is 32.2 Å². The zero-order chi connectivity index (χ0) is 14.2. The summed E-state index contributed by atoms with van der Waals surface area (Å²) in [6.45, 7) is 2.16. The molecule has 0 bridgehead atoms. The van der Waals surface area contributed by atoms with E-state index in [9.17, 15) is 9.90 Å². The third kappa shape index (κ3) is 3.15. The van der Waals surface area contributed by atoms with Crippen LogP contribution in [0.25, 0.3) is 0 Å². The molecule has 0 aromatic carbocycles. The van der Waals surface area contributed by atoms with Gasteiger partial charge in [0.1, 0.15) is 5.54 Å². The Kier molecular flexibility index (Phi) is 4.02. The molecule has 3 aliphatic rings. The van der Waals surface area contributed by atoms with E-state index in [4.69, 9.17) is 4.74 Å². The zero-order valence-electron chi connectivity index (χ0n) is 12.3. The van der Waals surface area contributed by atoms with E-state index in [0.29, 0.717) is 31.2 Å². The number of carbonyl (C=O) groups is 1. The van der Waals surface area contributed by atoms with E-state index in [1.54, 1.807) is 7.11 Å². The molecular formula is C15H26N2O3. The topological polar surface area (TPSA) is 61.8 Å². The van der Waals surface area contributed by atoms with Crippen molar-refractivity contribution in [3.8, 4) is 0 Å². The second kappa shape index (κ2) is 5.62. The highest BCUT2D eigenvalue weighted by Gasteiger charge is 2.54. The van der Waals surface area contributed by atoms with E-state index in [-0.39, 0.29) is 0 Å². The van der Waals surface area contributed by atoms with Crippen LogP contribution in [0.2, 0.25) is 0 Å². The Morgan fingerprint density at radius 1 is 1.30 bits per heavy atom. The van der Waals surface area contributed by atoms with Crippen LogP contribution in [0, 0.1) is 5.92 Å². The van der Waals surface area contributed by atoms with E-state index >= 15 is 0 Å². The highest BCUT2D eigenvalue weighted by atomic mass is 16.5. The number of nitrogens with zero attached hydrogens (tertiary/aromatic N) is 1. The summed E-state index contributed by atoms with van der Waals surface area (Å²) >= 11 is 0. The van der Waals surface area contributed by atoms with Gasteiger partial charge in [-0.15, -0.1) is 0 Å². The average Bonchev–Trinajstić information content (AvgIpc) is 3.29. The van der Waals surface area contributed by atoms with E-state index in [1.807, 2.05) is 0 Å². The summed E-state index contributed by atoms with van der Waals surface area (Å²) in [4.78, 5) is 14.3. The second-order valence-corrected chi connectivity index (χ2v) is 6.66. The van der Waals surface area contributed by atoms with Gasteiger partial charge in [0.15, 0.2) is 0 Å². The molecule has 3 aliphatic carbocycles. The molecule has 0 radical (unpaired) electrons. The van der Waals surface area contributed by atoms with Crippen LogP contribution in [-0.4, -0.2) is 60.4 Å². The molecule has 2 N–H and O–H groups in total. The summed E-state index contributed by atoms with van der Waals surface area (Å²) in [7, 11) is 1.71. The number of rotatable bonds is 10. The summed E-state index contributed by atoms with van der Waals surface area (Å²) < 4.78 is 5.19. The minimum atomic E-state index is -0.725. The van der Waals surface area contributed by atoms with Gasteiger partial charge in [0.2, 0.25) is 0 Å². The third-order valence-corrected chi connectivity index (χ3v) is 4.79. The normalized spacial score (nSPS) is 25.7. The number of nitrogens with one attached hydrogen (secondary N) is 1. The van der Waals surface area contributed by atoms with Crippen molar-refractivity contribution >= 4 is 5.97 Å². The maximum Gasteiger partial charge on any atom is 0.325 e. The molecule has 5 nitrogen and oxygen atoms in total. The number of hydrogen-bond donors (Lipinski definition) is 2. The molecule has 3 rings (SSSR count). The molecule has 0 aromatic rings. The highest BCUT2D eigenvalue weighted by molar-refractivity contribution is 5.80. The molecule has 1 unspecified atom stereocenters. The van der Waals surface area contributed by atoms with Gasteiger partial charge >= 0.3 is 5.97 Å². The minimum Gasteiger partial charge on any atom is -0.480 e. The van der Waals surface area contributed by atoms with E-state index < -0.39 is 11.5 Å². The molecule has 0 spiro atoms. The standard InChI is InChI=1S/C15H26N2O3/c1-20-9-8-17(13-6-7-13)10-15(14(18)19,11-2-3-11)16-12-4-5-12/h11-13,16H,2-10H2,1H3,(H,18,19). The fourth-order valence-electron chi connectivity index (χ4n) is 3.12. The first-order chi connectivity index (χ1) is 9.65. The van der Waals surface area contributed by atoms with Crippen LogP contribution in [-0.2, 0) is 9.53 Å². The molecule has 0 heterocycles. The Bertz CT molecular complexity index is 364. The molecule has 5 heteroatoms. The van der Waals surface area contributed by atoms with Crippen molar-refractivity contribution in [2.24, 2.45) is 5.92 Å². The SMILES string of the molecule is COCCN(CC(NC1CC1)(C(=O)O)C1CC1)C1CC1. The Labute approximate surface area is 120 Å². The number of carboxylic acid groups (broad SMARTS) is 1. The minimum absolute atomic E-state index is 0.310. The van der Waals surface area contributed by atoms with Crippen LogP contribution in [0.3, 0.4) is 0 Å². The summed E-state index contributed by atoms with van der Waals surface area (Å²) in [5, 5.41) is 13.3. The molecule has 20 heavy (non-hydrogen) atoms. The predicted octanol–water partition coefficient (Wildman–Crippen LogP) is 1.08. The van der Waals surface area contributed by atoms with Crippen molar-refractivity contribution in [2.45, 2.75) is 56.1 Å². The number of aliphatic carboxylic acids is 1. The van der Waals surface area contributed by atoms with Gasteiger partial charge in [0.25, 0.3) is 0 Å². The lowest BCUT2D eigenvalue weighted by molar-refractivity contribution is -0.147. The van der Waals surface area contributed by atoms with Crippen molar-refractivity contribution in [3.05, 3.63) is 0 Å². The van der Waals surface area contributed by atoms with Crippen LogP contribution in [0.15, 0.2) is 0 Å². The fourth-order valence-corrected chi connectivity index (χ4v) is 3.12. The van der Waals surface area contributed by atoms with Gasteiger partial charge < -0.3 is 9.84 Å². The molecule has 0 aliphatic heterocycles. The fraction of sp³-hybridized carbons (Fsp3) is 0.933. The van der Waals surface area contributed by atoms with Crippen LogP contribution < -0.4 is 5.32 Å². The molecule has 0 saturated heterocycles. The number of carboxylic acids is 1. The van der Waals surface area contributed by atoms with Gasteiger partial charge in [-0.3, -0.25) is 15.0 Å². The first kappa shape index (κ1) is 14.3. The van der Waals surface area contributed by atoms with Gasteiger partial charge in [-0.05, 0) is 44.4 Å². The van der Waals surface area contributed by atoms with Crippen molar-refractivity contribution in [1.29, 1.82) is 0 Å². The molecule has 3 fully saturated rings. The summed E-state index contributed by atoms with van der Waals surface area (Å²) in [6.07, 6.45) is 6.76. The smallest absolute Gasteiger partial charge is 0.325 e. The van der Waals surface area contributed by atoms with Crippen LogP contribution in [0.5, 0.6) is 0 Å². The zero-order valence-corrected chi connectivity index (χ0v) is 12.3. The van der Waals surface area contributed by atoms with Crippen LogP contribution in [0.1, 0.15) is 38.5 Å². The Morgan fingerprint density at radius 3 is 2.45 bits per heavy atom. The second-order valence-electron chi connectivity index (χ2n) is 6.66. The van der Waals surface area contributed by atoms with Crippen LogP contribution >= 0.6 is 0 Å². The Balaban J connectivity index is 1.71. The maximum atomic E-state index is 12.0. The largest absolute Gasteiger partial charge is 0.480 e. The molecule has 0 aromatic heterocycles. The summed E-state index contributed by atoms with van der Waals surface area (Å²) in [5.41, 5.74) is -0.725. The maximum absolute atomic E-state index is 12.0. The van der Waals surface area contributed by atoms with E-state index in [1.165, 1.54) is 12.8 Å². The third-order valence-electron chi connectivity index (χ3n) is 4.79. The highest BCUT2D eigenvalue weighted by Crippen LogP contribution is 2.43. The van der Waals surface area contributed by atoms with Crippen molar-refractivity contribution in [1.82, 2.24) is 10.2 Å². The van der Waals surface area contributed by atoms with E-state index in [2.05, 4.69) is 10.2 Å². The Morgan fingerprint density at radius 2 is 2.00 bits per heavy atom. The number of hydrogen-bond acceptors (Lipinski definition) is 4. The van der Waals surface area contributed by atoms with Gasteiger partial charge in [0, 0.05) is 32.3 Å². The molecule has 114 valence electrons. The summed E-state index contributed by atoms with van der Waals surface area (Å²) in [6, 6.07) is 0.999.